The average molecular weight is 383 g/mol. The average Bonchev–Trinajstić information content (AvgIpc) is 2.72. The second-order valence-corrected chi connectivity index (χ2v) is 6.58. The molecule has 146 valence electrons. The molecule has 8 heteroatoms. The SMILES string of the molecule is O=C(O)c1ccccc1CCC(=O)N1CCN(c2ccccc2[N+](=O)[O-])CC1. The van der Waals surface area contributed by atoms with E-state index in [-0.39, 0.29) is 23.6 Å². The molecule has 3 rings (SSSR count). The lowest BCUT2D eigenvalue weighted by atomic mass is 10.0. The highest BCUT2D eigenvalue weighted by Gasteiger charge is 2.25. The minimum absolute atomic E-state index is 0.0394. The van der Waals surface area contributed by atoms with Gasteiger partial charge in [-0.3, -0.25) is 14.9 Å². The molecule has 1 amide bonds. The quantitative estimate of drug-likeness (QED) is 0.607. The molecule has 2 aromatic carbocycles. The number of hydrogen-bond acceptors (Lipinski definition) is 5. The maximum Gasteiger partial charge on any atom is 0.335 e. The van der Waals surface area contributed by atoms with Crippen LogP contribution >= 0.6 is 0 Å². The third-order valence-corrected chi connectivity index (χ3v) is 4.91. The lowest BCUT2D eigenvalue weighted by Crippen LogP contribution is -2.49. The van der Waals surface area contributed by atoms with Crippen LogP contribution in [0.3, 0.4) is 0 Å². The fourth-order valence-corrected chi connectivity index (χ4v) is 3.43. The summed E-state index contributed by atoms with van der Waals surface area (Å²) in [5.41, 5.74) is 1.49. The van der Waals surface area contributed by atoms with Crippen LogP contribution in [0.2, 0.25) is 0 Å². The lowest BCUT2D eigenvalue weighted by Gasteiger charge is -2.35. The predicted molar refractivity (Wildman–Crippen MR) is 104 cm³/mol. The molecule has 0 aromatic heterocycles. The summed E-state index contributed by atoms with van der Waals surface area (Å²) in [6.45, 7) is 1.99. The van der Waals surface area contributed by atoms with Crippen LogP contribution in [0, 0.1) is 10.1 Å². The Bertz CT molecular complexity index is 891. The highest BCUT2D eigenvalue weighted by Crippen LogP contribution is 2.28. The van der Waals surface area contributed by atoms with E-state index in [1.165, 1.54) is 12.1 Å². The van der Waals surface area contributed by atoms with E-state index >= 15 is 0 Å². The summed E-state index contributed by atoms with van der Waals surface area (Å²) >= 11 is 0. The van der Waals surface area contributed by atoms with Crippen molar-refractivity contribution in [3.8, 4) is 0 Å². The van der Waals surface area contributed by atoms with Gasteiger partial charge >= 0.3 is 5.97 Å². The number of nitro benzene ring substituents is 1. The third kappa shape index (κ3) is 4.28. The first kappa shape index (κ1) is 19.3. The fraction of sp³-hybridized carbons (Fsp3) is 0.300. The predicted octanol–water partition coefficient (Wildman–Crippen LogP) is 2.57. The van der Waals surface area contributed by atoms with Gasteiger partial charge in [0.25, 0.3) is 5.69 Å². The summed E-state index contributed by atoms with van der Waals surface area (Å²) in [5, 5.41) is 20.4. The molecule has 1 aliphatic rings. The van der Waals surface area contributed by atoms with E-state index in [0.29, 0.717) is 43.9 Å². The molecule has 1 aliphatic heterocycles. The van der Waals surface area contributed by atoms with Gasteiger partial charge in [-0.15, -0.1) is 0 Å². The van der Waals surface area contributed by atoms with Crippen molar-refractivity contribution in [1.82, 2.24) is 4.90 Å². The lowest BCUT2D eigenvalue weighted by molar-refractivity contribution is -0.384. The number of aromatic carboxylic acids is 1. The third-order valence-electron chi connectivity index (χ3n) is 4.91. The summed E-state index contributed by atoms with van der Waals surface area (Å²) in [6, 6.07) is 13.3. The van der Waals surface area contributed by atoms with Crippen LogP contribution in [-0.4, -0.2) is 53.0 Å². The highest BCUT2D eigenvalue weighted by atomic mass is 16.6. The van der Waals surface area contributed by atoms with Crippen LogP contribution in [-0.2, 0) is 11.2 Å². The Morgan fingerprint density at radius 1 is 1.00 bits per heavy atom. The van der Waals surface area contributed by atoms with Crippen molar-refractivity contribution in [2.24, 2.45) is 0 Å². The summed E-state index contributed by atoms with van der Waals surface area (Å²) in [7, 11) is 0. The second-order valence-electron chi connectivity index (χ2n) is 6.58. The number of rotatable bonds is 6. The van der Waals surface area contributed by atoms with Gasteiger partial charge in [-0.2, -0.15) is 0 Å². The summed E-state index contributed by atoms with van der Waals surface area (Å²) < 4.78 is 0. The number of carboxylic acids is 1. The first-order chi connectivity index (χ1) is 13.5. The van der Waals surface area contributed by atoms with Gasteiger partial charge in [0.05, 0.1) is 10.5 Å². The minimum atomic E-state index is -0.999. The van der Waals surface area contributed by atoms with Gasteiger partial charge in [-0.25, -0.2) is 4.79 Å². The Morgan fingerprint density at radius 2 is 1.64 bits per heavy atom. The number of aryl methyl sites for hydroxylation is 1. The molecule has 0 spiro atoms. The molecular weight excluding hydrogens is 362 g/mol. The summed E-state index contributed by atoms with van der Waals surface area (Å²) in [6.07, 6.45) is 0.599. The number of amides is 1. The number of nitrogens with zero attached hydrogens (tertiary/aromatic N) is 3. The zero-order valence-electron chi connectivity index (χ0n) is 15.3. The Kier molecular flexibility index (Phi) is 5.88. The number of carbonyl (C=O) groups is 2. The van der Waals surface area contributed by atoms with E-state index in [4.69, 9.17) is 0 Å². The van der Waals surface area contributed by atoms with Crippen molar-refractivity contribution in [2.75, 3.05) is 31.1 Å². The smallest absolute Gasteiger partial charge is 0.335 e. The molecule has 1 fully saturated rings. The molecule has 1 heterocycles. The molecule has 2 aromatic rings. The fourth-order valence-electron chi connectivity index (χ4n) is 3.43. The van der Waals surface area contributed by atoms with Crippen molar-refractivity contribution >= 4 is 23.3 Å². The van der Waals surface area contributed by atoms with E-state index < -0.39 is 10.9 Å². The van der Waals surface area contributed by atoms with E-state index in [2.05, 4.69) is 0 Å². The van der Waals surface area contributed by atoms with Gasteiger partial charge in [-0.1, -0.05) is 30.3 Å². The second kappa shape index (κ2) is 8.51. The number of carbonyl (C=O) groups excluding carboxylic acids is 1. The molecule has 8 nitrogen and oxygen atoms in total. The molecule has 1 saturated heterocycles. The Hall–Kier alpha value is -3.42. The van der Waals surface area contributed by atoms with Crippen molar-refractivity contribution in [3.05, 3.63) is 69.8 Å². The van der Waals surface area contributed by atoms with E-state index in [9.17, 15) is 24.8 Å². The van der Waals surface area contributed by atoms with Gasteiger partial charge in [0.15, 0.2) is 0 Å². The summed E-state index contributed by atoms with van der Waals surface area (Å²) in [4.78, 5) is 38.2. The summed E-state index contributed by atoms with van der Waals surface area (Å²) in [5.74, 6) is -1.04. The van der Waals surface area contributed by atoms with Gasteiger partial charge in [0, 0.05) is 38.7 Å². The largest absolute Gasteiger partial charge is 0.478 e. The number of anilines is 1. The number of carboxylic acid groups (broad SMARTS) is 1. The first-order valence-electron chi connectivity index (χ1n) is 9.04. The molecule has 0 bridgehead atoms. The molecule has 28 heavy (non-hydrogen) atoms. The van der Waals surface area contributed by atoms with Gasteiger partial charge in [0.1, 0.15) is 5.69 Å². The highest BCUT2D eigenvalue weighted by molar-refractivity contribution is 5.89. The van der Waals surface area contributed by atoms with Gasteiger partial charge in [-0.05, 0) is 24.1 Å². The number of hydrogen-bond donors (Lipinski definition) is 1. The van der Waals surface area contributed by atoms with E-state index in [1.54, 1.807) is 41.3 Å². The van der Waals surface area contributed by atoms with Crippen molar-refractivity contribution in [1.29, 1.82) is 0 Å². The van der Waals surface area contributed by atoms with E-state index in [0.717, 1.165) is 0 Å². The zero-order valence-corrected chi connectivity index (χ0v) is 15.3. The standard InChI is InChI=1S/C20H21N3O5/c24-19(10-9-15-5-1-2-6-16(15)20(25)26)22-13-11-21(12-14-22)17-7-3-4-8-18(17)23(27)28/h1-8H,9-14H2,(H,25,26). The number of para-hydroxylation sites is 2. The maximum atomic E-state index is 12.5. The first-order valence-corrected chi connectivity index (χ1v) is 9.04. The zero-order chi connectivity index (χ0) is 20.1. The Morgan fingerprint density at radius 3 is 2.32 bits per heavy atom. The number of piperazine rings is 1. The number of nitro groups is 1. The minimum Gasteiger partial charge on any atom is -0.478 e. The molecule has 0 aliphatic carbocycles. The van der Waals surface area contributed by atoms with Crippen LogP contribution in [0.5, 0.6) is 0 Å². The van der Waals surface area contributed by atoms with Crippen LogP contribution in [0.1, 0.15) is 22.3 Å². The molecule has 0 radical (unpaired) electrons. The van der Waals surface area contributed by atoms with Crippen LogP contribution < -0.4 is 4.90 Å². The molecule has 1 N–H and O–H groups in total. The molecule has 0 unspecified atom stereocenters. The topological polar surface area (TPSA) is 104 Å². The number of benzene rings is 2. The van der Waals surface area contributed by atoms with Crippen molar-refractivity contribution in [3.63, 3.8) is 0 Å². The monoisotopic (exact) mass is 383 g/mol. The molecule has 0 saturated carbocycles. The molecular formula is C20H21N3O5. The Labute approximate surface area is 162 Å². The van der Waals surface area contributed by atoms with Crippen LogP contribution in [0.15, 0.2) is 48.5 Å². The van der Waals surface area contributed by atoms with Gasteiger partial charge < -0.3 is 14.9 Å². The maximum absolute atomic E-state index is 12.5. The van der Waals surface area contributed by atoms with Crippen molar-refractivity contribution in [2.45, 2.75) is 12.8 Å². The van der Waals surface area contributed by atoms with Crippen LogP contribution in [0.4, 0.5) is 11.4 Å². The van der Waals surface area contributed by atoms with Crippen molar-refractivity contribution < 1.29 is 19.6 Å². The van der Waals surface area contributed by atoms with Gasteiger partial charge in [0.2, 0.25) is 5.91 Å². The van der Waals surface area contributed by atoms with Crippen LogP contribution in [0.25, 0.3) is 0 Å². The normalized spacial score (nSPS) is 14.0. The Balaban J connectivity index is 1.58. The van der Waals surface area contributed by atoms with E-state index in [1.807, 2.05) is 4.90 Å². The molecule has 0 atom stereocenters.